The number of hydrogen-bond acceptors (Lipinski definition) is 1. The summed E-state index contributed by atoms with van der Waals surface area (Å²) in [5, 5.41) is 0. The molecule has 0 unspecified atom stereocenters. The van der Waals surface area contributed by atoms with Crippen LogP contribution < -0.4 is 0 Å². The zero-order chi connectivity index (χ0) is 12.5. The van der Waals surface area contributed by atoms with E-state index in [4.69, 9.17) is 11.6 Å². The maximum Gasteiger partial charge on any atom is 0.147 e. The lowest BCUT2D eigenvalue weighted by molar-refractivity contribution is 0.618. The molecule has 90 valence electrons. The number of aromatic nitrogens is 2. The molecule has 0 bridgehead atoms. The molecule has 0 amide bonds. The van der Waals surface area contributed by atoms with Crippen LogP contribution in [-0.2, 0) is 5.88 Å². The molecule has 1 heterocycles. The summed E-state index contributed by atoms with van der Waals surface area (Å²) < 4.78 is 15.7. The van der Waals surface area contributed by atoms with E-state index in [1.165, 1.54) is 6.07 Å². The van der Waals surface area contributed by atoms with E-state index in [-0.39, 0.29) is 11.7 Å². The Kier molecular flexibility index (Phi) is 2.76. The molecule has 0 atom stereocenters. The van der Waals surface area contributed by atoms with Gasteiger partial charge in [-0.25, -0.2) is 9.37 Å². The van der Waals surface area contributed by atoms with E-state index in [0.717, 1.165) is 11.0 Å². The Balaban J connectivity index is 2.37. The van der Waals surface area contributed by atoms with Gasteiger partial charge in [-0.05, 0) is 24.3 Å². The van der Waals surface area contributed by atoms with E-state index < -0.39 is 0 Å². The zero-order valence-electron chi connectivity index (χ0n) is 9.48. The molecule has 0 aliphatic rings. The van der Waals surface area contributed by atoms with Crippen LogP contribution in [0.15, 0.2) is 48.5 Å². The van der Waals surface area contributed by atoms with E-state index in [1.807, 2.05) is 24.3 Å². The van der Waals surface area contributed by atoms with Gasteiger partial charge in [-0.2, -0.15) is 0 Å². The summed E-state index contributed by atoms with van der Waals surface area (Å²) in [6.45, 7) is 0. The summed E-state index contributed by atoms with van der Waals surface area (Å²) in [4.78, 5) is 4.41. The molecule has 0 saturated heterocycles. The van der Waals surface area contributed by atoms with Gasteiger partial charge in [-0.15, -0.1) is 11.6 Å². The number of nitrogens with zero attached hydrogens (tertiary/aromatic N) is 2. The molecule has 0 aliphatic carbocycles. The van der Waals surface area contributed by atoms with Gasteiger partial charge < -0.3 is 0 Å². The second-order valence-corrected chi connectivity index (χ2v) is 4.20. The van der Waals surface area contributed by atoms with Crippen LogP contribution in [0, 0.1) is 5.82 Å². The van der Waals surface area contributed by atoms with Crippen LogP contribution in [0.1, 0.15) is 5.82 Å². The third-order valence-electron chi connectivity index (χ3n) is 2.84. The zero-order valence-corrected chi connectivity index (χ0v) is 10.2. The number of halogens is 2. The molecule has 18 heavy (non-hydrogen) atoms. The normalized spacial score (nSPS) is 11.0. The van der Waals surface area contributed by atoms with Crippen molar-refractivity contribution >= 4 is 22.6 Å². The third kappa shape index (κ3) is 1.68. The predicted octanol–water partition coefficient (Wildman–Crippen LogP) is 3.90. The highest BCUT2D eigenvalue weighted by Gasteiger charge is 2.13. The maximum absolute atomic E-state index is 13.9. The van der Waals surface area contributed by atoms with Gasteiger partial charge in [-0.3, -0.25) is 4.57 Å². The number of imidazole rings is 1. The van der Waals surface area contributed by atoms with Crippen LogP contribution in [0.3, 0.4) is 0 Å². The molecule has 0 spiro atoms. The van der Waals surface area contributed by atoms with Gasteiger partial charge in [0.2, 0.25) is 0 Å². The predicted molar refractivity (Wildman–Crippen MR) is 70.6 cm³/mol. The van der Waals surface area contributed by atoms with Gasteiger partial charge in [0.1, 0.15) is 11.6 Å². The number of para-hydroxylation sites is 3. The molecule has 0 fully saturated rings. The minimum Gasteiger partial charge on any atom is -0.292 e. The Morgan fingerprint density at radius 3 is 2.56 bits per heavy atom. The van der Waals surface area contributed by atoms with Crippen LogP contribution in [0.4, 0.5) is 4.39 Å². The van der Waals surface area contributed by atoms with Gasteiger partial charge in [0.15, 0.2) is 0 Å². The third-order valence-corrected chi connectivity index (χ3v) is 3.08. The van der Waals surface area contributed by atoms with Crippen molar-refractivity contribution < 1.29 is 4.39 Å². The molecule has 2 nitrogen and oxygen atoms in total. The highest BCUT2D eigenvalue weighted by molar-refractivity contribution is 6.17. The van der Waals surface area contributed by atoms with E-state index in [0.29, 0.717) is 11.5 Å². The Morgan fingerprint density at radius 2 is 1.78 bits per heavy atom. The van der Waals surface area contributed by atoms with Crippen LogP contribution in [-0.4, -0.2) is 9.55 Å². The maximum atomic E-state index is 13.9. The van der Waals surface area contributed by atoms with Crippen molar-refractivity contribution in [3.8, 4) is 5.69 Å². The first-order valence-corrected chi connectivity index (χ1v) is 6.12. The van der Waals surface area contributed by atoms with Crippen molar-refractivity contribution in [3.63, 3.8) is 0 Å². The fourth-order valence-electron chi connectivity index (χ4n) is 2.07. The van der Waals surface area contributed by atoms with Gasteiger partial charge in [-0.1, -0.05) is 24.3 Å². The van der Waals surface area contributed by atoms with Crippen molar-refractivity contribution in [2.45, 2.75) is 5.88 Å². The quantitative estimate of drug-likeness (QED) is 0.639. The lowest BCUT2D eigenvalue weighted by Gasteiger charge is -2.08. The second kappa shape index (κ2) is 4.42. The SMILES string of the molecule is Fc1ccccc1-n1c(CCl)nc2ccccc21. The molecule has 1 aromatic heterocycles. The van der Waals surface area contributed by atoms with Crippen molar-refractivity contribution in [1.29, 1.82) is 0 Å². The molecule has 3 aromatic rings. The average molecular weight is 261 g/mol. The monoisotopic (exact) mass is 260 g/mol. The Labute approximate surface area is 109 Å². The standard InChI is InChI=1S/C14H10ClFN2/c15-9-14-17-11-6-2-4-8-13(11)18(14)12-7-3-1-5-10(12)16/h1-8H,9H2. The van der Waals surface area contributed by atoms with Crippen LogP contribution in [0.5, 0.6) is 0 Å². The number of benzene rings is 2. The van der Waals surface area contributed by atoms with Crippen LogP contribution in [0.2, 0.25) is 0 Å². The van der Waals surface area contributed by atoms with E-state index in [9.17, 15) is 4.39 Å². The first-order chi connectivity index (χ1) is 8.81. The number of hydrogen-bond donors (Lipinski definition) is 0. The topological polar surface area (TPSA) is 17.8 Å². The summed E-state index contributed by atoms with van der Waals surface area (Å²) in [7, 11) is 0. The highest BCUT2D eigenvalue weighted by Crippen LogP contribution is 2.24. The van der Waals surface area contributed by atoms with E-state index >= 15 is 0 Å². The van der Waals surface area contributed by atoms with Gasteiger partial charge >= 0.3 is 0 Å². The van der Waals surface area contributed by atoms with Crippen LogP contribution in [0.25, 0.3) is 16.7 Å². The molecule has 0 saturated carbocycles. The summed E-state index contributed by atoms with van der Waals surface area (Å²) in [5.41, 5.74) is 2.15. The summed E-state index contributed by atoms with van der Waals surface area (Å²) in [6, 6.07) is 14.2. The van der Waals surface area contributed by atoms with E-state index in [2.05, 4.69) is 4.98 Å². The highest BCUT2D eigenvalue weighted by atomic mass is 35.5. The van der Waals surface area contributed by atoms with E-state index in [1.54, 1.807) is 22.8 Å². The van der Waals surface area contributed by atoms with Crippen LogP contribution >= 0.6 is 11.6 Å². The van der Waals surface area contributed by atoms with Crippen molar-refractivity contribution in [3.05, 3.63) is 60.2 Å². The summed E-state index contributed by atoms with van der Waals surface area (Å²) in [6.07, 6.45) is 0. The molecule has 4 heteroatoms. The molecular formula is C14H10ClFN2. The molecule has 2 aromatic carbocycles. The minimum atomic E-state index is -0.285. The Morgan fingerprint density at radius 1 is 1.06 bits per heavy atom. The fourth-order valence-corrected chi connectivity index (χ4v) is 2.25. The largest absolute Gasteiger partial charge is 0.292 e. The lowest BCUT2D eigenvalue weighted by Crippen LogP contribution is -2.01. The number of fused-ring (bicyclic) bond motifs is 1. The fraction of sp³-hybridized carbons (Fsp3) is 0.0714. The van der Waals surface area contributed by atoms with Gasteiger partial charge in [0, 0.05) is 0 Å². The molecular weight excluding hydrogens is 251 g/mol. The average Bonchev–Trinajstić information content (AvgIpc) is 2.78. The van der Waals surface area contributed by atoms with Gasteiger partial charge in [0.05, 0.1) is 22.6 Å². The summed E-state index contributed by atoms with van der Waals surface area (Å²) >= 11 is 5.90. The number of alkyl halides is 1. The Bertz CT molecular complexity index is 706. The first kappa shape index (κ1) is 11.2. The van der Waals surface area contributed by atoms with Crippen molar-refractivity contribution in [2.24, 2.45) is 0 Å². The van der Waals surface area contributed by atoms with Gasteiger partial charge in [0.25, 0.3) is 0 Å². The minimum absolute atomic E-state index is 0.239. The molecule has 0 N–H and O–H groups in total. The molecule has 0 aliphatic heterocycles. The summed E-state index contributed by atoms with van der Waals surface area (Å²) in [5.74, 6) is 0.596. The number of rotatable bonds is 2. The molecule has 3 rings (SSSR count). The van der Waals surface area contributed by atoms with Crippen molar-refractivity contribution in [2.75, 3.05) is 0 Å². The molecule has 0 radical (unpaired) electrons. The Hall–Kier alpha value is -1.87. The lowest BCUT2D eigenvalue weighted by atomic mass is 10.2. The second-order valence-electron chi connectivity index (χ2n) is 3.94. The first-order valence-electron chi connectivity index (χ1n) is 5.58. The smallest absolute Gasteiger partial charge is 0.147 e. The van der Waals surface area contributed by atoms with Crippen molar-refractivity contribution in [1.82, 2.24) is 9.55 Å².